The van der Waals surface area contributed by atoms with Gasteiger partial charge in [0.2, 0.25) is 5.91 Å². The maximum absolute atomic E-state index is 12.5. The fraction of sp³-hybridized carbons (Fsp3) is 0.753. The summed E-state index contributed by atoms with van der Waals surface area (Å²) in [6.45, 7) is 4.22. The first-order chi connectivity index (χ1) is 40.2. The van der Waals surface area contributed by atoms with E-state index in [1.54, 1.807) is 6.08 Å². The summed E-state index contributed by atoms with van der Waals surface area (Å²) in [5, 5.41) is 23.3. The largest absolute Gasteiger partial charge is 0.394 e. The molecule has 81 heavy (non-hydrogen) atoms. The highest BCUT2D eigenvalue weighted by molar-refractivity contribution is 5.76. The number of hydrogen-bond donors (Lipinski definition) is 3. The molecule has 0 aromatic carbocycles. The SMILES string of the molecule is CC/C=C\C/C=C\C/C=C\C/C=C\C/C=C\C/C=C\C/C=C\C/C=C\CCCCCCCCCCCCCCCCCCC(=O)NC(CO)C(O)/C=C/CCCCCCCCCCCCCCCCCCCCCCCCCCCC. The first kappa shape index (κ1) is 78.0. The number of aliphatic hydroxyl groups is 2. The summed E-state index contributed by atoms with van der Waals surface area (Å²) in [7, 11) is 0. The van der Waals surface area contributed by atoms with Crippen LogP contribution in [0.4, 0.5) is 0 Å². The number of allylic oxidation sites excluding steroid dienone is 17. The van der Waals surface area contributed by atoms with Crippen LogP contribution in [0.5, 0.6) is 0 Å². The van der Waals surface area contributed by atoms with E-state index in [4.69, 9.17) is 0 Å². The Morgan fingerprint density at radius 2 is 0.543 bits per heavy atom. The predicted molar refractivity (Wildman–Crippen MR) is 363 cm³/mol. The van der Waals surface area contributed by atoms with Crippen molar-refractivity contribution in [2.45, 2.75) is 366 Å². The predicted octanol–water partition coefficient (Wildman–Crippen LogP) is 24.5. The van der Waals surface area contributed by atoms with Gasteiger partial charge in [0.1, 0.15) is 0 Å². The quantitative estimate of drug-likeness (QED) is 0.0420. The number of carbonyl (C=O) groups is 1. The second kappa shape index (κ2) is 71.3. The van der Waals surface area contributed by atoms with E-state index in [-0.39, 0.29) is 12.5 Å². The molecule has 2 unspecified atom stereocenters. The molecule has 0 spiro atoms. The van der Waals surface area contributed by atoms with Crippen molar-refractivity contribution in [3.63, 3.8) is 0 Å². The van der Waals surface area contributed by atoms with E-state index in [1.807, 2.05) is 6.08 Å². The van der Waals surface area contributed by atoms with Crippen LogP contribution >= 0.6 is 0 Å². The van der Waals surface area contributed by atoms with Crippen molar-refractivity contribution < 1.29 is 15.0 Å². The van der Waals surface area contributed by atoms with Crippen LogP contribution in [-0.4, -0.2) is 34.9 Å². The van der Waals surface area contributed by atoms with Gasteiger partial charge in [-0.15, -0.1) is 0 Å². The summed E-state index contributed by atoms with van der Waals surface area (Å²) in [6, 6.07) is -0.629. The molecule has 0 aliphatic carbocycles. The van der Waals surface area contributed by atoms with Crippen LogP contribution in [0.3, 0.4) is 0 Å². The van der Waals surface area contributed by atoms with Crippen molar-refractivity contribution in [2.75, 3.05) is 6.61 Å². The molecule has 0 saturated heterocycles. The van der Waals surface area contributed by atoms with Crippen molar-refractivity contribution in [3.8, 4) is 0 Å². The van der Waals surface area contributed by atoms with E-state index in [1.165, 1.54) is 257 Å². The van der Waals surface area contributed by atoms with E-state index in [0.717, 1.165) is 77.0 Å². The molecule has 0 radical (unpaired) electrons. The Kier molecular flexibility index (Phi) is 68.7. The molecule has 1 amide bonds. The Hall–Kier alpha value is -2.95. The number of amides is 1. The minimum absolute atomic E-state index is 0.0619. The normalized spacial score (nSPS) is 13.4. The van der Waals surface area contributed by atoms with E-state index in [9.17, 15) is 15.0 Å². The summed E-state index contributed by atoms with van der Waals surface area (Å²) in [5.74, 6) is -0.0619. The Morgan fingerprint density at radius 3 is 0.815 bits per heavy atom. The minimum Gasteiger partial charge on any atom is -0.394 e. The Morgan fingerprint density at radius 1 is 0.309 bits per heavy atom. The van der Waals surface area contributed by atoms with Crippen LogP contribution in [-0.2, 0) is 4.79 Å². The van der Waals surface area contributed by atoms with Gasteiger partial charge in [0.25, 0.3) is 0 Å². The Labute approximate surface area is 506 Å². The molecule has 0 saturated carbocycles. The Bertz CT molecular complexity index is 1510. The van der Waals surface area contributed by atoms with Crippen LogP contribution < -0.4 is 5.32 Å². The second-order valence-corrected chi connectivity index (χ2v) is 23.9. The number of hydrogen-bond acceptors (Lipinski definition) is 3. The van der Waals surface area contributed by atoms with Gasteiger partial charge in [-0.05, 0) is 83.5 Å². The van der Waals surface area contributed by atoms with Gasteiger partial charge in [0, 0.05) is 6.42 Å². The molecule has 0 fully saturated rings. The average molecular weight is 1120 g/mol. The van der Waals surface area contributed by atoms with Gasteiger partial charge < -0.3 is 15.5 Å². The van der Waals surface area contributed by atoms with E-state index in [2.05, 4.69) is 116 Å². The number of unbranched alkanes of at least 4 members (excludes halogenated alkanes) is 42. The average Bonchev–Trinajstić information content (AvgIpc) is 3.47. The van der Waals surface area contributed by atoms with Gasteiger partial charge in [-0.25, -0.2) is 0 Å². The third-order valence-electron chi connectivity index (χ3n) is 16.0. The monoisotopic (exact) mass is 1120 g/mol. The molecule has 0 aliphatic rings. The van der Waals surface area contributed by atoms with Gasteiger partial charge in [-0.3, -0.25) is 4.79 Å². The lowest BCUT2D eigenvalue weighted by molar-refractivity contribution is -0.123. The molecule has 4 nitrogen and oxygen atoms in total. The van der Waals surface area contributed by atoms with Crippen LogP contribution in [0.2, 0.25) is 0 Å². The summed E-state index contributed by atoms with van der Waals surface area (Å²) in [6.07, 6.45) is 107. The number of carbonyl (C=O) groups excluding carboxylic acids is 1. The molecular formula is C77H137NO3. The van der Waals surface area contributed by atoms with Crippen LogP contribution in [0.15, 0.2) is 109 Å². The molecule has 0 aromatic rings. The minimum atomic E-state index is -0.845. The first-order valence-corrected chi connectivity index (χ1v) is 35.6. The highest BCUT2D eigenvalue weighted by Gasteiger charge is 2.18. The standard InChI is InChI=1S/C77H137NO3/c1-3-5-7-9-11-13-15-17-19-21-23-25-27-29-31-33-34-35-36-37-38-39-40-41-42-43-44-45-47-49-51-53-55-57-59-61-63-65-67-69-71-73-77(81)78-75(74-79)76(80)72-70-68-66-64-62-60-58-56-54-52-50-48-46-32-30-28-26-24-22-20-18-16-14-12-10-8-6-4-2/h5,7,11,13,17,19,23,25,29,31,34-35,37-38,40-41,70,72,75-76,79-80H,3-4,6,8-10,12,14-16,18,20-22,24,26-28,30,32-33,36,39,42-69,71,73-74H2,1-2H3,(H,78,81)/b7-5-,13-11-,19-17-,25-23-,31-29-,35-34-,38-37-,41-40-,72-70+. The van der Waals surface area contributed by atoms with Gasteiger partial charge in [0.15, 0.2) is 0 Å². The lowest BCUT2D eigenvalue weighted by Gasteiger charge is -2.20. The fourth-order valence-corrected chi connectivity index (χ4v) is 10.7. The van der Waals surface area contributed by atoms with Gasteiger partial charge in [-0.1, -0.05) is 374 Å². The zero-order chi connectivity index (χ0) is 58.4. The highest BCUT2D eigenvalue weighted by Crippen LogP contribution is 2.18. The number of nitrogens with one attached hydrogen (secondary N) is 1. The molecule has 468 valence electrons. The maximum Gasteiger partial charge on any atom is 0.220 e. The van der Waals surface area contributed by atoms with Gasteiger partial charge >= 0.3 is 0 Å². The van der Waals surface area contributed by atoms with Crippen molar-refractivity contribution in [1.82, 2.24) is 5.32 Å². The van der Waals surface area contributed by atoms with Crippen LogP contribution in [0.1, 0.15) is 354 Å². The molecule has 3 N–H and O–H groups in total. The van der Waals surface area contributed by atoms with Crippen LogP contribution in [0.25, 0.3) is 0 Å². The molecule has 0 bridgehead atoms. The lowest BCUT2D eigenvalue weighted by atomic mass is 10.0. The van der Waals surface area contributed by atoms with Crippen molar-refractivity contribution in [2.24, 2.45) is 0 Å². The summed E-state index contributed by atoms with van der Waals surface area (Å²) >= 11 is 0. The summed E-state index contributed by atoms with van der Waals surface area (Å²) < 4.78 is 0. The van der Waals surface area contributed by atoms with E-state index >= 15 is 0 Å². The fourth-order valence-electron chi connectivity index (χ4n) is 10.7. The highest BCUT2D eigenvalue weighted by atomic mass is 16.3. The van der Waals surface area contributed by atoms with Gasteiger partial charge in [-0.2, -0.15) is 0 Å². The third kappa shape index (κ3) is 67.7. The summed E-state index contributed by atoms with van der Waals surface area (Å²) in [5.41, 5.74) is 0. The molecule has 0 aliphatic heterocycles. The summed E-state index contributed by atoms with van der Waals surface area (Å²) in [4.78, 5) is 12.5. The van der Waals surface area contributed by atoms with E-state index < -0.39 is 12.1 Å². The number of aliphatic hydroxyl groups excluding tert-OH is 2. The van der Waals surface area contributed by atoms with E-state index in [0.29, 0.717) is 6.42 Å². The third-order valence-corrected chi connectivity index (χ3v) is 16.0. The van der Waals surface area contributed by atoms with Crippen molar-refractivity contribution in [1.29, 1.82) is 0 Å². The number of rotatable bonds is 65. The van der Waals surface area contributed by atoms with Crippen molar-refractivity contribution >= 4 is 5.91 Å². The molecule has 0 aromatic heterocycles. The smallest absolute Gasteiger partial charge is 0.220 e. The van der Waals surface area contributed by atoms with Gasteiger partial charge in [0.05, 0.1) is 18.8 Å². The van der Waals surface area contributed by atoms with Crippen LogP contribution in [0, 0.1) is 0 Å². The molecule has 2 atom stereocenters. The lowest BCUT2D eigenvalue weighted by Crippen LogP contribution is -2.45. The second-order valence-electron chi connectivity index (χ2n) is 23.9. The Balaban J connectivity index is 3.49. The molecule has 0 heterocycles. The topological polar surface area (TPSA) is 69.6 Å². The molecular weight excluding hydrogens is 987 g/mol. The maximum atomic E-state index is 12.5. The molecule has 0 rings (SSSR count). The zero-order valence-electron chi connectivity index (χ0n) is 54.0. The molecule has 4 heteroatoms. The van der Waals surface area contributed by atoms with Crippen molar-refractivity contribution in [3.05, 3.63) is 109 Å². The zero-order valence-corrected chi connectivity index (χ0v) is 54.0. The first-order valence-electron chi connectivity index (χ1n) is 35.6.